The SMILES string of the molecule is CC(CSN(c1cc(C(F)(F)F)ccc1Cl)c1c([N+](=O)[O-])cc([N+](=O)[O-])cc1C(F)(F)F)NP(=O)(O)O. The number of anilines is 2. The van der Waals surface area contributed by atoms with Crippen LogP contribution in [0.4, 0.5) is 49.1 Å². The molecule has 204 valence electrons. The van der Waals surface area contributed by atoms with E-state index in [0.717, 1.165) is 6.92 Å². The number of nitrogens with one attached hydrogen (secondary N) is 1. The fourth-order valence-corrected chi connectivity index (χ4v) is 5.00. The topological polar surface area (TPSA) is 159 Å². The Morgan fingerprint density at radius 2 is 1.68 bits per heavy atom. The van der Waals surface area contributed by atoms with Crippen molar-refractivity contribution in [2.24, 2.45) is 0 Å². The average molecular weight is 599 g/mol. The maximum atomic E-state index is 14.0. The minimum Gasteiger partial charge on any atom is -0.313 e. The Balaban J connectivity index is 2.90. The number of rotatable bonds is 9. The predicted octanol–water partition coefficient (Wildman–Crippen LogP) is 6.05. The predicted molar refractivity (Wildman–Crippen MR) is 120 cm³/mol. The van der Waals surface area contributed by atoms with Gasteiger partial charge in [-0.15, -0.1) is 0 Å². The van der Waals surface area contributed by atoms with Crippen LogP contribution in [0.5, 0.6) is 0 Å². The molecule has 37 heavy (non-hydrogen) atoms. The van der Waals surface area contributed by atoms with Crippen molar-refractivity contribution >= 4 is 54.0 Å². The van der Waals surface area contributed by atoms with E-state index in [1.54, 1.807) is 5.09 Å². The second-order valence-electron chi connectivity index (χ2n) is 7.20. The zero-order valence-electron chi connectivity index (χ0n) is 17.9. The van der Waals surface area contributed by atoms with Crippen LogP contribution in [0, 0.1) is 20.2 Å². The largest absolute Gasteiger partial charge is 0.418 e. The van der Waals surface area contributed by atoms with Crippen LogP contribution >= 0.6 is 31.3 Å². The number of hydrogen-bond acceptors (Lipinski definition) is 7. The highest BCUT2D eigenvalue weighted by Gasteiger charge is 2.43. The second kappa shape index (κ2) is 11.0. The summed E-state index contributed by atoms with van der Waals surface area (Å²) in [4.78, 5) is 38.2. The molecular formula is C17H14ClF6N4O7PS. The summed E-state index contributed by atoms with van der Waals surface area (Å²) < 4.78 is 93.5. The monoisotopic (exact) mass is 598 g/mol. The molecule has 2 aromatic carbocycles. The van der Waals surface area contributed by atoms with Crippen molar-refractivity contribution in [1.82, 2.24) is 5.09 Å². The fraction of sp³-hybridized carbons (Fsp3) is 0.294. The van der Waals surface area contributed by atoms with E-state index >= 15 is 0 Å². The maximum Gasteiger partial charge on any atom is 0.418 e. The van der Waals surface area contributed by atoms with Gasteiger partial charge in [0, 0.05) is 17.9 Å². The summed E-state index contributed by atoms with van der Waals surface area (Å²) in [5.41, 5.74) is -8.34. The van der Waals surface area contributed by atoms with Gasteiger partial charge < -0.3 is 9.79 Å². The molecule has 0 fully saturated rings. The molecule has 0 aliphatic carbocycles. The van der Waals surface area contributed by atoms with Gasteiger partial charge in [-0.3, -0.25) is 24.5 Å². The Kier molecular flexibility index (Phi) is 9.10. The summed E-state index contributed by atoms with van der Waals surface area (Å²) in [5.74, 6) is -0.566. The fourth-order valence-electron chi connectivity index (χ4n) is 2.89. The summed E-state index contributed by atoms with van der Waals surface area (Å²) in [6.45, 7) is 1.16. The van der Waals surface area contributed by atoms with E-state index in [-0.39, 0.29) is 24.1 Å². The number of nitro groups is 2. The summed E-state index contributed by atoms with van der Waals surface area (Å²) in [6.07, 6.45) is -10.5. The molecule has 3 N–H and O–H groups in total. The third-order valence-electron chi connectivity index (χ3n) is 4.33. The van der Waals surface area contributed by atoms with Gasteiger partial charge in [-0.1, -0.05) is 11.6 Å². The van der Waals surface area contributed by atoms with Gasteiger partial charge in [-0.25, -0.2) is 9.65 Å². The van der Waals surface area contributed by atoms with Crippen molar-refractivity contribution in [3.05, 3.63) is 66.7 Å². The van der Waals surface area contributed by atoms with Gasteiger partial charge in [-0.2, -0.15) is 26.3 Å². The number of non-ortho nitro benzene ring substituents is 1. The molecule has 0 radical (unpaired) electrons. The first-order valence-corrected chi connectivity index (χ1v) is 12.3. The lowest BCUT2D eigenvalue weighted by Gasteiger charge is -2.28. The first-order valence-electron chi connectivity index (χ1n) is 9.39. The highest BCUT2D eigenvalue weighted by molar-refractivity contribution is 8.01. The number of hydrogen-bond donors (Lipinski definition) is 3. The third-order valence-corrected chi connectivity index (χ3v) is 6.71. The minimum absolute atomic E-state index is 0.0330. The highest BCUT2D eigenvalue weighted by Crippen LogP contribution is 2.51. The van der Waals surface area contributed by atoms with E-state index in [9.17, 15) is 51.1 Å². The van der Waals surface area contributed by atoms with Crippen LogP contribution in [-0.4, -0.2) is 31.4 Å². The second-order valence-corrected chi connectivity index (χ2v) is 9.91. The molecule has 1 unspecified atom stereocenters. The standard InChI is InChI=1S/C17H14ClF6N4O7PS/c1-8(25-36(33,34)35)7-37-26(13-4-9(16(19,20)21)2-3-12(13)18)15-11(17(22,23)24)5-10(27(29)30)6-14(15)28(31)32/h2-6,8H,7H2,1H3,(H3,25,33,34,35). The van der Waals surface area contributed by atoms with Gasteiger partial charge in [0.05, 0.1) is 37.7 Å². The molecule has 2 aromatic rings. The smallest absolute Gasteiger partial charge is 0.313 e. The van der Waals surface area contributed by atoms with Crippen molar-refractivity contribution in [2.75, 3.05) is 10.1 Å². The van der Waals surface area contributed by atoms with Crippen LogP contribution in [0.25, 0.3) is 0 Å². The molecule has 0 heterocycles. The first kappa shape index (κ1) is 30.6. The van der Waals surface area contributed by atoms with Crippen molar-refractivity contribution in [1.29, 1.82) is 0 Å². The van der Waals surface area contributed by atoms with Crippen molar-refractivity contribution in [3.8, 4) is 0 Å². The lowest BCUT2D eigenvalue weighted by Crippen LogP contribution is -2.27. The van der Waals surface area contributed by atoms with Crippen LogP contribution in [-0.2, 0) is 16.9 Å². The third kappa shape index (κ3) is 7.93. The van der Waals surface area contributed by atoms with Crippen LogP contribution < -0.4 is 9.39 Å². The number of nitro benzene ring substituents is 2. The summed E-state index contributed by atoms with van der Waals surface area (Å²) in [5, 5.41) is 24.0. The van der Waals surface area contributed by atoms with Gasteiger partial charge in [0.15, 0.2) is 0 Å². The minimum atomic E-state index is -5.48. The molecule has 0 aliphatic heterocycles. The number of halogens is 7. The van der Waals surface area contributed by atoms with Gasteiger partial charge in [0.1, 0.15) is 5.69 Å². The molecule has 0 aromatic heterocycles. The van der Waals surface area contributed by atoms with Crippen LogP contribution in [0.15, 0.2) is 30.3 Å². The zero-order chi connectivity index (χ0) is 28.5. The van der Waals surface area contributed by atoms with E-state index in [4.69, 9.17) is 21.4 Å². The van der Waals surface area contributed by atoms with E-state index in [1.165, 1.54) is 0 Å². The lowest BCUT2D eigenvalue weighted by atomic mass is 10.1. The number of nitrogens with zero attached hydrogens (tertiary/aromatic N) is 3. The zero-order valence-corrected chi connectivity index (χ0v) is 20.4. The molecule has 0 amide bonds. The lowest BCUT2D eigenvalue weighted by molar-refractivity contribution is -0.394. The van der Waals surface area contributed by atoms with Gasteiger partial charge in [0.2, 0.25) is 0 Å². The first-order chi connectivity index (χ1) is 16.7. The molecule has 0 saturated carbocycles. The number of alkyl halides is 6. The van der Waals surface area contributed by atoms with E-state index in [1.807, 2.05) is 0 Å². The molecular weight excluding hydrogens is 585 g/mol. The van der Waals surface area contributed by atoms with E-state index in [0.29, 0.717) is 22.5 Å². The molecule has 20 heteroatoms. The van der Waals surface area contributed by atoms with E-state index < -0.39 is 80.6 Å². The van der Waals surface area contributed by atoms with Crippen LogP contribution in [0.3, 0.4) is 0 Å². The molecule has 2 rings (SSSR count). The highest BCUT2D eigenvalue weighted by atomic mass is 35.5. The Bertz CT molecular complexity index is 1260. The molecule has 0 spiro atoms. The molecule has 11 nitrogen and oxygen atoms in total. The maximum absolute atomic E-state index is 14.0. The molecule has 1 atom stereocenters. The van der Waals surface area contributed by atoms with E-state index in [2.05, 4.69) is 0 Å². The molecule has 0 saturated heterocycles. The average Bonchev–Trinajstić information content (AvgIpc) is 2.71. The van der Waals surface area contributed by atoms with Crippen molar-refractivity contribution in [3.63, 3.8) is 0 Å². The summed E-state index contributed by atoms with van der Waals surface area (Å²) >= 11 is 6.16. The Morgan fingerprint density at radius 3 is 2.14 bits per heavy atom. The molecule has 0 bridgehead atoms. The summed E-state index contributed by atoms with van der Waals surface area (Å²) in [7, 11) is -4.86. The van der Waals surface area contributed by atoms with Crippen molar-refractivity contribution < 1.29 is 50.5 Å². The van der Waals surface area contributed by atoms with Gasteiger partial charge >= 0.3 is 25.8 Å². The summed E-state index contributed by atoms with van der Waals surface area (Å²) in [6, 6.07) is 0.439. The van der Waals surface area contributed by atoms with Crippen LogP contribution in [0.2, 0.25) is 5.02 Å². The quantitative estimate of drug-likeness (QED) is 0.102. The Morgan fingerprint density at radius 1 is 1.08 bits per heavy atom. The van der Waals surface area contributed by atoms with Gasteiger partial charge in [-0.05, 0) is 37.1 Å². The van der Waals surface area contributed by atoms with Crippen LogP contribution in [0.1, 0.15) is 18.1 Å². The Hall–Kier alpha value is -2.63. The Labute approximate surface area is 212 Å². The molecule has 0 aliphatic rings. The normalized spacial score (nSPS) is 13.4. The van der Waals surface area contributed by atoms with Gasteiger partial charge in [0.25, 0.3) is 5.69 Å². The number of benzene rings is 2. The van der Waals surface area contributed by atoms with Crippen molar-refractivity contribution in [2.45, 2.75) is 25.3 Å².